The second kappa shape index (κ2) is 3.55. The first-order valence-electron chi connectivity index (χ1n) is 6.45. The minimum Gasteiger partial charge on any atom is -0.354 e. The van der Waals surface area contributed by atoms with E-state index in [1.165, 1.54) is 31.1 Å². The topological polar surface area (TPSA) is 41.6 Å². The fourth-order valence-corrected chi connectivity index (χ4v) is 3.96. The molecule has 0 unspecified atom stereocenters. The van der Waals surface area contributed by atoms with Crippen LogP contribution in [0.4, 0.5) is 0 Å². The monoisotopic (exact) mass is 275 g/mol. The third-order valence-electron chi connectivity index (χ3n) is 3.78. The normalized spacial score (nSPS) is 12.0. The molecule has 0 radical (unpaired) electrons. The van der Waals surface area contributed by atoms with Gasteiger partial charge < -0.3 is 4.98 Å². The molecule has 1 N–H and O–H groups in total. The predicted molar refractivity (Wildman–Crippen MR) is 84.3 cm³/mol. The number of aromatic amines is 1. The van der Waals surface area contributed by atoms with Crippen LogP contribution in [0.15, 0.2) is 48.7 Å². The first-order valence-corrected chi connectivity index (χ1v) is 7.27. The van der Waals surface area contributed by atoms with Gasteiger partial charge in [-0.1, -0.05) is 24.3 Å². The molecule has 0 fully saturated rings. The highest BCUT2D eigenvalue weighted by Crippen LogP contribution is 2.38. The molecule has 0 aliphatic heterocycles. The number of hydrogen-bond donors (Lipinski definition) is 1. The predicted octanol–water partition coefficient (Wildman–Crippen LogP) is 4.48. The summed E-state index contributed by atoms with van der Waals surface area (Å²) in [6, 6.07) is 14.8. The van der Waals surface area contributed by atoms with Crippen LogP contribution in [0.3, 0.4) is 0 Å². The Labute approximate surface area is 117 Å². The number of hydrogen-bond acceptors (Lipinski definition) is 3. The van der Waals surface area contributed by atoms with Gasteiger partial charge in [0.05, 0.1) is 16.4 Å². The van der Waals surface area contributed by atoms with E-state index in [1.54, 1.807) is 17.5 Å². The number of thiophene rings is 1. The van der Waals surface area contributed by atoms with Gasteiger partial charge in [0.15, 0.2) is 0 Å². The van der Waals surface area contributed by atoms with Crippen LogP contribution < -0.4 is 0 Å². The minimum atomic E-state index is 0.990. The lowest BCUT2D eigenvalue weighted by molar-refractivity contribution is 1.08. The van der Waals surface area contributed by atoms with E-state index < -0.39 is 0 Å². The summed E-state index contributed by atoms with van der Waals surface area (Å²) in [5, 5.41) is 12.1. The van der Waals surface area contributed by atoms with Gasteiger partial charge in [0, 0.05) is 26.4 Å². The molecule has 0 spiro atoms. The molecular formula is C16H9N3S. The molecule has 0 saturated carbocycles. The Bertz CT molecular complexity index is 1100. The summed E-state index contributed by atoms with van der Waals surface area (Å²) in [5.41, 5.74) is 3.32. The van der Waals surface area contributed by atoms with E-state index in [9.17, 15) is 0 Å². The molecule has 0 aliphatic carbocycles. The largest absolute Gasteiger partial charge is 0.354 e. The van der Waals surface area contributed by atoms with Crippen molar-refractivity contribution in [3.8, 4) is 0 Å². The molecule has 0 bridgehead atoms. The average Bonchev–Trinajstić information content (AvgIpc) is 3.04. The van der Waals surface area contributed by atoms with E-state index in [0.717, 1.165) is 11.0 Å². The fraction of sp³-hybridized carbons (Fsp3) is 0. The van der Waals surface area contributed by atoms with Gasteiger partial charge in [0.1, 0.15) is 5.52 Å². The number of para-hydroxylation sites is 1. The van der Waals surface area contributed by atoms with Crippen molar-refractivity contribution >= 4 is 53.4 Å². The third kappa shape index (κ3) is 1.19. The van der Waals surface area contributed by atoms with E-state index >= 15 is 0 Å². The van der Waals surface area contributed by atoms with Crippen LogP contribution in [-0.2, 0) is 0 Å². The second-order valence-corrected chi connectivity index (χ2v) is 5.96. The van der Waals surface area contributed by atoms with Crippen LogP contribution in [0, 0.1) is 0 Å². The van der Waals surface area contributed by atoms with E-state index in [2.05, 4.69) is 51.6 Å². The quantitative estimate of drug-likeness (QED) is 0.453. The number of benzene rings is 2. The van der Waals surface area contributed by atoms with Crippen molar-refractivity contribution in [2.24, 2.45) is 0 Å². The van der Waals surface area contributed by atoms with Gasteiger partial charge in [0.25, 0.3) is 0 Å². The molecular weight excluding hydrogens is 266 g/mol. The number of rotatable bonds is 0. The molecule has 3 aromatic heterocycles. The van der Waals surface area contributed by atoms with Gasteiger partial charge in [-0.05, 0) is 18.2 Å². The second-order valence-electron chi connectivity index (χ2n) is 4.88. The van der Waals surface area contributed by atoms with E-state index in [1.807, 2.05) is 6.07 Å². The molecule has 20 heavy (non-hydrogen) atoms. The number of aromatic nitrogens is 3. The first kappa shape index (κ1) is 10.3. The molecule has 2 aromatic carbocycles. The lowest BCUT2D eigenvalue weighted by Gasteiger charge is -1.93. The molecule has 0 amide bonds. The molecule has 0 saturated heterocycles. The van der Waals surface area contributed by atoms with Crippen molar-refractivity contribution in [3.63, 3.8) is 0 Å². The summed E-state index contributed by atoms with van der Waals surface area (Å²) in [6.45, 7) is 0. The van der Waals surface area contributed by atoms with Crippen molar-refractivity contribution < 1.29 is 0 Å². The Morgan fingerprint density at radius 1 is 0.900 bits per heavy atom. The molecule has 5 rings (SSSR count). The van der Waals surface area contributed by atoms with Crippen LogP contribution in [0.5, 0.6) is 0 Å². The van der Waals surface area contributed by atoms with Crippen molar-refractivity contribution in [1.29, 1.82) is 0 Å². The average molecular weight is 275 g/mol. The summed E-state index contributed by atoms with van der Waals surface area (Å²) in [7, 11) is 0. The summed E-state index contributed by atoms with van der Waals surface area (Å²) in [5.74, 6) is 0. The summed E-state index contributed by atoms with van der Waals surface area (Å²) < 4.78 is 2.43. The first-order chi connectivity index (χ1) is 9.92. The maximum absolute atomic E-state index is 4.33. The number of fused-ring (bicyclic) bond motifs is 7. The number of nitrogens with one attached hydrogen (secondary N) is 1. The van der Waals surface area contributed by atoms with Crippen LogP contribution in [-0.4, -0.2) is 15.2 Å². The van der Waals surface area contributed by atoms with Crippen molar-refractivity contribution in [3.05, 3.63) is 48.7 Å². The SMILES string of the molecule is c1ccc2c(c1)[nH]c1c2ccc2sc3ccnnc3c21. The van der Waals surface area contributed by atoms with Gasteiger partial charge in [-0.15, -0.1) is 16.4 Å². The van der Waals surface area contributed by atoms with Gasteiger partial charge in [0.2, 0.25) is 0 Å². The van der Waals surface area contributed by atoms with Crippen molar-refractivity contribution in [2.45, 2.75) is 0 Å². The lowest BCUT2D eigenvalue weighted by Crippen LogP contribution is -1.78. The Morgan fingerprint density at radius 2 is 1.85 bits per heavy atom. The van der Waals surface area contributed by atoms with Gasteiger partial charge in [-0.2, -0.15) is 5.10 Å². The Balaban J connectivity index is 2.14. The Morgan fingerprint density at radius 3 is 2.85 bits per heavy atom. The van der Waals surface area contributed by atoms with E-state index in [0.29, 0.717) is 0 Å². The highest BCUT2D eigenvalue weighted by Gasteiger charge is 2.13. The summed E-state index contributed by atoms with van der Waals surface area (Å²) in [4.78, 5) is 3.54. The molecule has 0 atom stereocenters. The van der Waals surface area contributed by atoms with E-state index in [4.69, 9.17) is 0 Å². The summed E-state index contributed by atoms with van der Waals surface area (Å²) >= 11 is 1.76. The highest BCUT2D eigenvalue weighted by molar-refractivity contribution is 7.25. The smallest absolute Gasteiger partial charge is 0.114 e. The maximum atomic E-state index is 4.33. The molecule has 94 valence electrons. The summed E-state index contributed by atoms with van der Waals surface area (Å²) in [6.07, 6.45) is 1.75. The molecule has 4 heteroatoms. The standard InChI is InChI=1S/C16H9N3S/c1-2-4-11-9(3-1)10-5-6-12-14(15(10)18-11)16-13(20-12)7-8-17-19-16/h1-8,18H. The molecule has 3 nitrogen and oxygen atoms in total. The molecule has 3 heterocycles. The maximum Gasteiger partial charge on any atom is 0.114 e. The lowest BCUT2D eigenvalue weighted by atomic mass is 10.1. The fourth-order valence-electron chi connectivity index (χ4n) is 2.91. The number of nitrogens with zero attached hydrogens (tertiary/aromatic N) is 2. The van der Waals surface area contributed by atoms with Crippen molar-refractivity contribution in [2.75, 3.05) is 0 Å². The van der Waals surface area contributed by atoms with Gasteiger partial charge >= 0.3 is 0 Å². The minimum absolute atomic E-state index is 0.990. The van der Waals surface area contributed by atoms with E-state index in [-0.39, 0.29) is 0 Å². The zero-order chi connectivity index (χ0) is 13.1. The van der Waals surface area contributed by atoms with Gasteiger partial charge in [-0.25, -0.2) is 0 Å². The van der Waals surface area contributed by atoms with Crippen LogP contribution in [0.25, 0.3) is 42.1 Å². The highest BCUT2D eigenvalue weighted by atomic mass is 32.1. The zero-order valence-electron chi connectivity index (χ0n) is 10.4. The Hall–Kier alpha value is -2.46. The van der Waals surface area contributed by atoms with Crippen LogP contribution >= 0.6 is 11.3 Å². The third-order valence-corrected chi connectivity index (χ3v) is 4.89. The van der Waals surface area contributed by atoms with Crippen LogP contribution in [0.1, 0.15) is 0 Å². The molecule has 5 aromatic rings. The molecule has 0 aliphatic rings. The Kier molecular flexibility index (Phi) is 1.84. The van der Waals surface area contributed by atoms with Gasteiger partial charge in [-0.3, -0.25) is 0 Å². The zero-order valence-corrected chi connectivity index (χ0v) is 11.2. The van der Waals surface area contributed by atoms with Crippen molar-refractivity contribution in [1.82, 2.24) is 15.2 Å². The number of H-pyrrole nitrogens is 1. The van der Waals surface area contributed by atoms with Crippen LogP contribution in [0.2, 0.25) is 0 Å².